The third-order valence-electron chi connectivity index (χ3n) is 3.03. The average molecular weight is 188 g/mol. The van der Waals surface area contributed by atoms with Crippen molar-refractivity contribution in [3.63, 3.8) is 0 Å². The highest BCUT2D eigenvalue weighted by molar-refractivity contribution is 6.30. The average Bonchev–Trinajstić information content (AvgIpc) is 2.07. The number of rotatable bonds is 0. The van der Waals surface area contributed by atoms with Crippen molar-refractivity contribution in [1.82, 2.24) is 5.32 Å². The van der Waals surface area contributed by atoms with Crippen LogP contribution >= 0.6 is 11.6 Å². The van der Waals surface area contributed by atoms with Gasteiger partial charge in [0.15, 0.2) is 0 Å². The van der Waals surface area contributed by atoms with Crippen LogP contribution in [-0.2, 0) is 4.79 Å². The number of alkyl halides is 1. The van der Waals surface area contributed by atoms with Gasteiger partial charge in [0.05, 0.1) is 0 Å². The van der Waals surface area contributed by atoms with E-state index in [9.17, 15) is 4.79 Å². The highest BCUT2D eigenvalue weighted by Crippen LogP contribution is 2.32. The molecule has 0 aromatic rings. The number of amides is 1. The molecule has 1 amide bonds. The zero-order valence-corrected chi connectivity index (χ0v) is 7.81. The first kappa shape index (κ1) is 8.36. The smallest absolute Gasteiger partial charge is 0.238 e. The van der Waals surface area contributed by atoms with E-state index in [1.54, 1.807) is 0 Å². The van der Waals surface area contributed by atoms with Crippen molar-refractivity contribution in [2.24, 2.45) is 5.92 Å². The standard InChI is InChI=1S/C9H14ClNO/c10-7-5-6-3-1-2-4-8(6)11-9(7)12/h6-8H,1-5H2,(H,11,12)/t6-,7?,8+/m0/s1. The minimum Gasteiger partial charge on any atom is -0.352 e. The Morgan fingerprint density at radius 3 is 2.92 bits per heavy atom. The molecule has 0 aromatic heterocycles. The molecule has 3 atom stereocenters. The summed E-state index contributed by atoms with van der Waals surface area (Å²) in [6.07, 6.45) is 5.85. The number of halogens is 1. The molecule has 0 bridgehead atoms. The number of hydrogen-bond acceptors (Lipinski definition) is 1. The van der Waals surface area contributed by atoms with E-state index < -0.39 is 0 Å². The Bertz CT molecular complexity index is 195. The van der Waals surface area contributed by atoms with Gasteiger partial charge >= 0.3 is 0 Å². The second-order valence-corrected chi connectivity index (χ2v) is 4.39. The molecule has 0 radical (unpaired) electrons. The number of fused-ring (bicyclic) bond motifs is 1. The Morgan fingerprint density at radius 1 is 1.33 bits per heavy atom. The molecule has 0 spiro atoms. The summed E-state index contributed by atoms with van der Waals surface area (Å²) in [6, 6.07) is 0.432. The number of nitrogens with one attached hydrogen (secondary N) is 1. The quantitative estimate of drug-likeness (QED) is 0.575. The molecular weight excluding hydrogens is 174 g/mol. The van der Waals surface area contributed by atoms with Crippen LogP contribution in [-0.4, -0.2) is 17.3 Å². The van der Waals surface area contributed by atoms with Gasteiger partial charge in [-0.1, -0.05) is 12.8 Å². The minimum absolute atomic E-state index is 0.0415. The van der Waals surface area contributed by atoms with E-state index in [1.807, 2.05) is 0 Å². The summed E-state index contributed by atoms with van der Waals surface area (Å²) in [5.74, 6) is 0.693. The zero-order valence-electron chi connectivity index (χ0n) is 7.05. The van der Waals surface area contributed by atoms with E-state index in [0.29, 0.717) is 12.0 Å². The normalized spacial score (nSPS) is 41.8. The van der Waals surface area contributed by atoms with Crippen LogP contribution < -0.4 is 5.32 Å². The summed E-state index contributed by atoms with van der Waals surface area (Å²) < 4.78 is 0. The molecule has 12 heavy (non-hydrogen) atoms. The lowest BCUT2D eigenvalue weighted by molar-refractivity contribution is -0.124. The molecule has 1 unspecified atom stereocenters. The van der Waals surface area contributed by atoms with Crippen LogP contribution in [0.2, 0.25) is 0 Å². The van der Waals surface area contributed by atoms with Gasteiger partial charge in [0.25, 0.3) is 0 Å². The molecular formula is C9H14ClNO. The topological polar surface area (TPSA) is 29.1 Å². The van der Waals surface area contributed by atoms with Gasteiger partial charge in [0.1, 0.15) is 5.38 Å². The summed E-state index contributed by atoms with van der Waals surface area (Å²) >= 11 is 5.87. The largest absolute Gasteiger partial charge is 0.352 e. The molecule has 1 saturated carbocycles. The van der Waals surface area contributed by atoms with Crippen LogP contribution in [0, 0.1) is 5.92 Å². The van der Waals surface area contributed by atoms with E-state index >= 15 is 0 Å². The van der Waals surface area contributed by atoms with Crippen molar-refractivity contribution in [2.75, 3.05) is 0 Å². The van der Waals surface area contributed by atoms with Gasteiger partial charge in [-0.3, -0.25) is 4.79 Å². The summed E-state index contributed by atoms with van der Waals surface area (Å²) in [5, 5.41) is 2.72. The Balaban J connectivity index is 2.02. The van der Waals surface area contributed by atoms with E-state index in [-0.39, 0.29) is 11.3 Å². The maximum atomic E-state index is 11.2. The second-order valence-electron chi connectivity index (χ2n) is 3.86. The van der Waals surface area contributed by atoms with Gasteiger partial charge in [0, 0.05) is 6.04 Å². The molecule has 2 aliphatic rings. The molecule has 2 rings (SSSR count). The highest BCUT2D eigenvalue weighted by atomic mass is 35.5. The number of carbonyl (C=O) groups excluding carboxylic acids is 1. The van der Waals surface area contributed by atoms with Crippen molar-refractivity contribution >= 4 is 17.5 Å². The lowest BCUT2D eigenvalue weighted by Gasteiger charge is -2.37. The van der Waals surface area contributed by atoms with Gasteiger partial charge in [-0.15, -0.1) is 11.6 Å². The van der Waals surface area contributed by atoms with Crippen molar-refractivity contribution in [3.05, 3.63) is 0 Å². The first-order valence-corrected chi connectivity index (χ1v) is 5.15. The monoisotopic (exact) mass is 187 g/mol. The molecule has 2 fully saturated rings. The molecule has 3 heteroatoms. The maximum Gasteiger partial charge on any atom is 0.238 e. The fraction of sp³-hybridized carbons (Fsp3) is 0.889. The summed E-state index contributed by atoms with van der Waals surface area (Å²) in [4.78, 5) is 11.2. The summed E-state index contributed by atoms with van der Waals surface area (Å²) in [7, 11) is 0. The van der Waals surface area contributed by atoms with Crippen LogP contribution in [0.3, 0.4) is 0 Å². The van der Waals surface area contributed by atoms with Crippen LogP contribution in [0.5, 0.6) is 0 Å². The highest BCUT2D eigenvalue weighted by Gasteiger charge is 2.35. The minimum atomic E-state index is -0.274. The lowest BCUT2D eigenvalue weighted by Crippen LogP contribution is -2.51. The van der Waals surface area contributed by atoms with E-state index in [4.69, 9.17) is 11.6 Å². The van der Waals surface area contributed by atoms with Gasteiger partial charge in [-0.2, -0.15) is 0 Å². The molecule has 2 nitrogen and oxygen atoms in total. The Hall–Kier alpha value is -0.240. The Morgan fingerprint density at radius 2 is 2.08 bits per heavy atom. The van der Waals surface area contributed by atoms with Gasteiger partial charge < -0.3 is 5.32 Å². The molecule has 1 aliphatic carbocycles. The number of carbonyl (C=O) groups is 1. The van der Waals surface area contributed by atoms with Crippen LogP contribution in [0.4, 0.5) is 0 Å². The number of hydrogen-bond donors (Lipinski definition) is 1. The summed E-state index contributed by atoms with van der Waals surface area (Å²) in [6.45, 7) is 0. The predicted molar refractivity (Wildman–Crippen MR) is 48.1 cm³/mol. The molecule has 1 saturated heterocycles. The Labute approximate surface area is 77.7 Å². The molecule has 1 aliphatic heterocycles. The molecule has 68 valence electrons. The number of piperidine rings is 1. The molecule has 0 aromatic carbocycles. The van der Waals surface area contributed by atoms with Gasteiger partial charge in [0.2, 0.25) is 5.91 Å². The third kappa shape index (κ3) is 1.45. The third-order valence-corrected chi connectivity index (χ3v) is 3.41. The summed E-state index contributed by atoms with van der Waals surface area (Å²) in [5.41, 5.74) is 0. The van der Waals surface area contributed by atoms with Crippen LogP contribution in [0.1, 0.15) is 32.1 Å². The second kappa shape index (κ2) is 3.25. The van der Waals surface area contributed by atoms with Crippen LogP contribution in [0.15, 0.2) is 0 Å². The first-order valence-electron chi connectivity index (χ1n) is 4.72. The fourth-order valence-corrected chi connectivity index (χ4v) is 2.62. The van der Waals surface area contributed by atoms with Gasteiger partial charge in [-0.05, 0) is 25.2 Å². The van der Waals surface area contributed by atoms with Crippen molar-refractivity contribution in [1.29, 1.82) is 0 Å². The SMILES string of the molecule is O=C1N[C@@H]2CCCC[C@H]2CC1Cl. The van der Waals surface area contributed by atoms with Crippen molar-refractivity contribution in [2.45, 2.75) is 43.5 Å². The zero-order chi connectivity index (χ0) is 8.55. The first-order chi connectivity index (χ1) is 5.77. The van der Waals surface area contributed by atoms with E-state index in [2.05, 4.69) is 5.32 Å². The maximum absolute atomic E-state index is 11.2. The van der Waals surface area contributed by atoms with Gasteiger partial charge in [-0.25, -0.2) is 0 Å². The van der Waals surface area contributed by atoms with Crippen LogP contribution in [0.25, 0.3) is 0 Å². The Kier molecular flexibility index (Phi) is 2.26. The molecule has 1 N–H and O–H groups in total. The molecule has 1 heterocycles. The van der Waals surface area contributed by atoms with Crippen molar-refractivity contribution < 1.29 is 4.79 Å². The fourth-order valence-electron chi connectivity index (χ4n) is 2.33. The van der Waals surface area contributed by atoms with E-state index in [0.717, 1.165) is 12.8 Å². The van der Waals surface area contributed by atoms with Crippen molar-refractivity contribution in [3.8, 4) is 0 Å². The lowest BCUT2D eigenvalue weighted by atomic mass is 9.79. The van der Waals surface area contributed by atoms with E-state index in [1.165, 1.54) is 19.3 Å². The predicted octanol–water partition coefficient (Wildman–Crippen LogP) is 1.67.